The SMILES string of the molecule is CSc1nc(=O)c(C)cn1[C@H]1C[C@H](N)[C@@H](CO)O1. The third-order valence-corrected chi connectivity index (χ3v) is 3.71. The zero-order chi connectivity index (χ0) is 13.3. The van der Waals surface area contributed by atoms with Crippen molar-refractivity contribution in [1.29, 1.82) is 0 Å². The van der Waals surface area contributed by atoms with Gasteiger partial charge in [-0.05, 0) is 13.2 Å². The van der Waals surface area contributed by atoms with Crippen LogP contribution in [0.2, 0.25) is 0 Å². The first-order valence-electron chi connectivity index (χ1n) is 5.72. The first-order chi connectivity index (χ1) is 8.56. The third-order valence-electron chi connectivity index (χ3n) is 3.04. The lowest BCUT2D eigenvalue weighted by Crippen LogP contribution is -2.32. The van der Waals surface area contributed by atoms with Gasteiger partial charge in [-0.3, -0.25) is 4.79 Å². The van der Waals surface area contributed by atoms with Gasteiger partial charge in [0, 0.05) is 24.2 Å². The first-order valence-corrected chi connectivity index (χ1v) is 6.95. The number of ether oxygens (including phenoxy) is 1. The monoisotopic (exact) mass is 271 g/mol. The van der Waals surface area contributed by atoms with Crippen molar-refractivity contribution in [3.63, 3.8) is 0 Å². The minimum atomic E-state index is -0.357. The Morgan fingerprint density at radius 3 is 3.00 bits per heavy atom. The van der Waals surface area contributed by atoms with Crippen molar-refractivity contribution in [2.75, 3.05) is 12.9 Å². The average Bonchev–Trinajstić information content (AvgIpc) is 2.73. The van der Waals surface area contributed by atoms with Crippen LogP contribution in [-0.4, -0.2) is 39.7 Å². The molecular weight excluding hydrogens is 254 g/mol. The topological polar surface area (TPSA) is 90.4 Å². The summed E-state index contributed by atoms with van der Waals surface area (Å²) < 4.78 is 7.50. The van der Waals surface area contributed by atoms with E-state index < -0.39 is 0 Å². The highest BCUT2D eigenvalue weighted by Gasteiger charge is 2.34. The lowest BCUT2D eigenvalue weighted by molar-refractivity contribution is -0.0297. The Morgan fingerprint density at radius 2 is 2.44 bits per heavy atom. The Balaban J connectivity index is 2.34. The van der Waals surface area contributed by atoms with Gasteiger partial charge in [-0.25, -0.2) is 0 Å². The van der Waals surface area contributed by atoms with Gasteiger partial charge < -0.3 is 20.1 Å². The van der Waals surface area contributed by atoms with Crippen LogP contribution in [0.4, 0.5) is 0 Å². The van der Waals surface area contributed by atoms with Gasteiger partial charge >= 0.3 is 0 Å². The Kier molecular flexibility index (Phi) is 4.06. The Bertz CT molecular complexity index is 491. The summed E-state index contributed by atoms with van der Waals surface area (Å²) in [5.41, 5.74) is 6.23. The molecule has 100 valence electrons. The Labute approximate surface area is 109 Å². The largest absolute Gasteiger partial charge is 0.394 e. The van der Waals surface area contributed by atoms with Crippen molar-refractivity contribution in [3.05, 3.63) is 22.1 Å². The Morgan fingerprint density at radius 1 is 1.72 bits per heavy atom. The van der Waals surface area contributed by atoms with E-state index in [1.165, 1.54) is 11.8 Å². The summed E-state index contributed by atoms with van der Waals surface area (Å²) in [6.07, 6.45) is 3.56. The van der Waals surface area contributed by atoms with E-state index in [0.29, 0.717) is 17.1 Å². The standard InChI is InChI=1S/C11H17N3O3S/c1-6-4-14(11(18-2)13-10(6)16)9-3-7(12)8(5-15)17-9/h4,7-9,15H,3,5,12H2,1-2H3/t7-,8+,9+/m0/s1. The highest BCUT2D eigenvalue weighted by atomic mass is 32.2. The van der Waals surface area contributed by atoms with Crippen LogP contribution in [0, 0.1) is 6.92 Å². The smallest absolute Gasteiger partial charge is 0.276 e. The van der Waals surface area contributed by atoms with Crippen LogP contribution < -0.4 is 11.3 Å². The van der Waals surface area contributed by atoms with Crippen LogP contribution in [0.5, 0.6) is 0 Å². The predicted molar refractivity (Wildman–Crippen MR) is 68.6 cm³/mol. The maximum Gasteiger partial charge on any atom is 0.276 e. The number of aliphatic hydroxyl groups excluding tert-OH is 1. The molecule has 0 bridgehead atoms. The van der Waals surface area contributed by atoms with E-state index in [1.54, 1.807) is 13.1 Å². The van der Waals surface area contributed by atoms with Gasteiger partial charge in [0.15, 0.2) is 5.16 Å². The number of hydrogen-bond donors (Lipinski definition) is 2. The molecule has 7 heteroatoms. The summed E-state index contributed by atoms with van der Waals surface area (Å²) in [6, 6.07) is -0.200. The van der Waals surface area contributed by atoms with Gasteiger partial charge in [0.25, 0.3) is 5.56 Å². The lowest BCUT2D eigenvalue weighted by atomic mass is 10.1. The molecule has 2 heterocycles. The lowest BCUT2D eigenvalue weighted by Gasteiger charge is -2.18. The molecule has 0 amide bonds. The van der Waals surface area contributed by atoms with Crippen LogP contribution in [-0.2, 0) is 4.74 Å². The van der Waals surface area contributed by atoms with E-state index in [1.807, 2.05) is 10.8 Å². The number of aromatic nitrogens is 2. The van der Waals surface area contributed by atoms with Gasteiger partial charge in [-0.1, -0.05) is 11.8 Å². The number of thioether (sulfide) groups is 1. The number of aryl methyl sites for hydroxylation is 1. The van der Waals surface area contributed by atoms with Crippen LogP contribution in [0.1, 0.15) is 18.2 Å². The number of nitrogens with two attached hydrogens (primary N) is 1. The molecule has 0 unspecified atom stereocenters. The zero-order valence-electron chi connectivity index (χ0n) is 10.4. The summed E-state index contributed by atoms with van der Waals surface area (Å²) in [5, 5.41) is 9.74. The maximum atomic E-state index is 11.5. The van der Waals surface area contributed by atoms with Gasteiger partial charge in [0.05, 0.1) is 12.7 Å². The number of hydrogen-bond acceptors (Lipinski definition) is 6. The molecule has 1 aliphatic heterocycles. The Hall–Kier alpha value is -0.890. The molecule has 18 heavy (non-hydrogen) atoms. The second-order valence-electron chi connectivity index (χ2n) is 4.33. The number of nitrogens with zero attached hydrogens (tertiary/aromatic N) is 2. The molecule has 1 aromatic heterocycles. The molecule has 1 aliphatic rings. The quantitative estimate of drug-likeness (QED) is 0.588. The summed E-state index contributed by atoms with van der Waals surface area (Å²) in [7, 11) is 0. The van der Waals surface area contributed by atoms with Gasteiger partial charge in [-0.2, -0.15) is 4.98 Å². The average molecular weight is 271 g/mol. The van der Waals surface area contributed by atoms with Crippen molar-refractivity contribution >= 4 is 11.8 Å². The van der Waals surface area contributed by atoms with Crippen molar-refractivity contribution in [1.82, 2.24) is 9.55 Å². The third kappa shape index (κ3) is 2.44. The van der Waals surface area contributed by atoms with E-state index in [4.69, 9.17) is 15.6 Å². The molecule has 0 radical (unpaired) electrons. The van der Waals surface area contributed by atoms with Crippen LogP contribution in [0.3, 0.4) is 0 Å². The molecule has 0 saturated carbocycles. The second-order valence-corrected chi connectivity index (χ2v) is 5.11. The molecule has 3 N–H and O–H groups in total. The van der Waals surface area contributed by atoms with Crippen molar-refractivity contribution in [2.45, 2.75) is 36.9 Å². The van der Waals surface area contributed by atoms with Crippen LogP contribution >= 0.6 is 11.8 Å². The highest BCUT2D eigenvalue weighted by molar-refractivity contribution is 7.98. The molecule has 0 aliphatic carbocycles. The summed E-state index contributed by atoms with van der Waals surface area (Å²) in [6.45, 7) is 1.62. The molecule has 3 atom stereocenters. The van der Waals surface area contributed by atoms with E-state index in [2.05, 4.69) is 4.98 Å². The molecular formula is C11H17N3O3S. The van der Waals surface area contributed by atoms with E-state index in [9.17, 15) is 4.79 Å². The minimum absolute atomic E-state index is 0.0983. The molecule has 6 nitrogen and oxygen atoms in total. The molecule has 1 aromatic rings. The number of aliphatic hydroxyl groups is 1. The van der Waals surface area contributed by atoms with Crippen molar-refractivity contribution in [3.8, 4) is 0 Å². The fourth-order valence-corrected chi connectivity index (χ4v) is 2.56. The zero-order valence-corrected chi connectivity index (χ0v) is 11.2. The van der Waals surface area contributed by atoms with Gasteiger partial charge in [-0.15, -0.1) is 0 Å². The van der Waals surface area contributed by atoms with Crippen molar-refractivity contribution < 1.29 is 9.84 Å². The van der Waals surface area contributed by atoms with E-state index in [-0.39, 0.29) is 30.5 Å². The molecule has 2 rings (SSSR count). The number of rotatable bonds is 3. The highest BCUT2D eigenvalue weighted by Crippen LogP contribution is 2.29. The molecule has 1 fully saturated rings. The normalized spacial score (nSPS) is 27.7. The van der Waals surface area contributed by atoms with Crippen molar-refractivity contribution in [2.24, 2.45) is 5.73 Å². The summed E-state index contributed by atoms with van der Waals surface area (Å²) in [4.78, 5) is 15.5. The predicted octanol–water partition coefficient (Wildman–Crippen LogP) is -0.119. The maximum absolute atomic E-state index is 11.5. The van der Waals surface area contributed by atoms with Crippen LogP contribution in [0.15, 0.2) is 16.1 Å². The fourth-order valence-electron chi connectivity index (χ4n) is 2.01. The molecule has 0 spiro atoms. The first kappa shape index (κ1) is 13.5. The second kappa shape index (κ2) is 5.40. The fraction of sp³-hybridized carbons (Fsp3) is 0.636. The molecule has 0 aromatic carbocycles. The summed E-state index contributed by atoms with van der Waals surface area (Å²) >= 11 is 1.38. The van der Waals surface area contributed by atoms with Crippen LogP contribution in [0.25, 0.3) is 0 Å². The van der Waals surface area contributed by atoms with E-state index >= 15 is 0 Å². The summed E-state index contributed by atoms with van der Waals surface area (Å²) in [5.74, 6) is 0. The van der Waals surface area contributed by atoms with E-state index in [0.717, 1.165) is 0 Å². The van der Waals surface area contributed by atoms with Gasteiger partial charge in [0.1, 0.15) is 6.23 Å². The minimum Gasteiger partial charge on any atom is -0.394 e. The van der Waals surface area contributed by atoms with Gasteiger partial charge in [0.2, 0.25) is 0 Å². The molecule has 1 saturated heterocycles.